The van der Waals surface area contributed by atoms with E-state index in [1.165, 1.54) is 16.7 Å². The van der Waals surface area contributed by atoms with Crippen LogP contribution in [0.1, 0.15) is 31.9 Å². The number of carbonyl (C=O) groups excluding carboxylic acids is 2. The Morgan fingerprint density at radius 2 is 1.62 bits per heavy atom. The Morgan fingerprint density at radius 3 is 2.20 bits per heavy atom. The first-order chi connectivity index (χ1) is 19.0. The zero-order valence-electron chi connectivity index (χ0n) is 23.7. The SMILES string of the molecule is COc1cccc(CN(C(=O)CN(c2ccc(C)cc2)S(=O)(=O)c2ccc(SC)cc2)[C@@H](C)C(=O)NC(C)C)c1. The second-order valence-corrected chi connectivity index (χ2v) is 12.5. The number of aryl methyl sites for hydroxylation is 1. The molecule has 0 aliphatic carbocycles. The number of amides is 2. The summed E-state index contributed by atoms with van der Waals surface area (Å²) in [6, 6.07) is 19.7. The Hall–Kier alpha value is -3.50. The molecule has 0 radical (unpaired) electrons. The Labute approximate surface area is 241 Å². The van der Waals surface area contributed by atoms with E-state index in [4.69, 9.17) is 4.74 Å². The highest BCUT2D eigenvalue weighted by Gasteiger charge is 2.32. The highest BCUT2D eigenvalue weighted by molar-refractivity contribution is 7.98. The molecular formula is C30H37N3O5S2. The first-order valence-corrected chi connectivity index (χ1v) is 15.6. The molecule has 0 fully saturated rings. The van der Waals surface area contributed by atoms with Crippen molar-refractivity contribution >= 4 is 39.3 Å². The van der Waals surface area contributed by atoms with Crippen LogP contribution in [0, 0.1) is 6.92 Å². The van der Waals surface area contributed by atoms with Gasteiger partial charge in [-0.05, 0) is 88.0 Å². The molecule has 10 heteroatoms. The summed E-state index contributed by atoms with van der Waals surface area (Å²) < 4.78 is 34.3. The van der Waals surface area contributed by atoms with Crippen LogP contribution in [0.4, 0.5) is 5.69 Å². The molecule has 3 aromatic carbocycles. The molecule has 3 rings (SSSR count). The topological polar surface area (TPSA) is 96.0 Å². The summed E-state index contributed by atoms with van der Waals surface area (Å²) in [5, 5.41) is 2.85. The minimum absolute atomic E-state index is 0.0728. The molecule has 0 heterocycles. The number of nitrogens with one attached hydrogen (secondary N) is 1. The standard InChI is InChI=1S/C30H37N3O5S2/c1-21(2)31-30(35)23(4)32(19-24-8-7-9-26(18-24)38-5)29(34)20-33(25-12-10-22(3)11-13-25)40(36,37)28-16-14-27(39-6)15-17-28/h7-18,21,23H,19-20H2,1-6H3,(H,31,35)/t23-/m0/s1. The van der Waals surface area contributed by atoms with Crippen molar-refractivity contribution in [2.75, 3.05) is 24.2 Å². The molecule has 2 amide bonds. The minimum Gasteiger partial charge on any atom is -0.497 e. The van der Waals surface area contributed by atoms with Crippen molar-refractivity contribution in [2.24, 2.45) is 0 Å². The second kappa shape index (κ2) is 13.7. The number of thioether (sulfide) groups is 1. The van der Waals surface area contributed by atoms with Gasteiger partial charge in [-0.2, -0.15) is 0 Å². The second-order valence-electron chi connectivity index (χ2n) is 9.74. The Bertz CT molecular complexity index is 1410. The number of anilines is 1. The quantitative estimate of drug-likeness (QED) is 0.306. The van der Waals surface area contributed by atoms with E-state index >= 15 is 0 Å². The number of nitrogens with zero attached hydrogens (tertiary/aromatic N) is 2. The van der Waals surface area contributed by atoms with E-state index in [0.717, 1.165) is 20.3 Å². The van der Waals surface area contributed by atoms with E-state index in [-0.39, 0.29) is 23.4 Å². The fraction of sp³-hybridized carbons (Fsp3) is 0.333. The molecule has 3 aromatic rings. The molecule has 0 aromatic heterocycles. The highest BCUT2D eigenvalue weighted by atomic mass is 32.2. The lowest BCUT2D eigenvalue weighted by atomic mass is 10.1. The van der Waals surface area contributed by atoms with Crippen LogP contribution in [0.25, 0.3) is 0 Å². The van der Waals surface area contributed by atoms with E-state index in [1.54, 1.807) is 80.8 Å². The van der Waals surface area contributed by atoms with Crippen molar-refractivity contribution < 1.29 is 22.7 Å². The third-order valence-electron chi connectivity index (χ3n) is 6.33. The maximum Gasteiger partial charge on any atom is 0.264 e. The van der Waals surface area contributed by atoms with Gasteiger partial charge in [-0.25, -0.2) is 8.42 Å². The van der Waals surface area contributed by atoms with E-state index in [9.17, 15) is 18.0 Å². The number of rotatable bonds is 12. The van der Waals surface area contributed by atoms with Crippen LogP contribution in [0.2, 0.25) is 0 Å². The summed E-state index contributed by atoms with van der Waals surface area (Å²) in [7, 11) is -2.56. The molecule has 40 heavy (non-hydrogen) atoms. The number of sulfonamides is 1. The first kappa shape index (κ1) is 31.0. The summed E-state index contributed by atoms with van der Waals surface area (Å²) >= 11 is 1.51. The van der Waals surface area contributed by atoms with Crippen LogP contribution in [-0.4, -0.2) is 57.1 Å². The van der Waals surface area contributed by atoms with Crippen LogP contribution in [0.15, 0.2) is 82.6 Å². The average Bonchev–Trinajstić information content (AvgIpc) is 2.94. The Morgan fingerprint density at radius 1 is 0.975 bits per heavy atom. The number of benzene rings is 3. The van der Waals surface area contributed by atoms with Crippen LogP contribution in [0.5, 0.6) is 5.75 Å². The monoisotopic (exact) mass is 583 g/mol. The van der Waals surface area contributed by atoms with Gasteiger partial charge in [-0.1, -0.05) is 29.8 Å². The number of hydrogen-bond acceptors (Lipinski definition) is 6. The lowest BCUT2D eigenvalue weighted by molar-refractivity contribution is -0.139. The minimum atomic E-state index is -4.11. The normalized spacial score (nSPS) is 12.1. The maximum atomic E-state index is 14.0. The van der Waals surface area contributed by atoms with Crippen LogP contribution in [0.3, 0.4) is 0 Å². The van der Waals surface area contributed by atoms with Crippen molar-refractivity contribution in [2.45, 2.75) is 56.1 Å². The molecule has 0 spiro atoms. The smallest absolute Gasteiger partial charge is 0.264 e. The number of hydrogen-bond donors (Lipinski definition) is 1. The molecule has 0 saturated carbocycles. The number of carbonyl (C=O) groups is 2. The molecular weight excluding hydrogens is 546 g/mol. The molecule has 8 nitrogen and oxygen atoms in total. The number of methoxy groups -OCH3 is 1. The fourth-order valence-electron chi connectivity index (χ4n) is 4.07. The Kier molecular flexibility index (Phi) is 10.6. The third kappa shape index (κ3) is 7.79. The molecule has 214 valence electrons. The molecule has 0 saturated heterocycles. The van der Waals surface area contributed by atoms with E-state index < -0.39 is 28.5 Å². The van der Waals surface area contributed by atoms with Gasteiger partial charge in [0.2, 0.25) is 11.8 Å². The van der Waals surface area contributed by atoms with Crippen molar-refractivity contribution in [1.82, 2.24) is 10.2 Å². The van der Waals surface area contributed by atoms with E-state index in [0.29, 0.717) is 11.4 Å². The lowest BCUT2D eigenvalue weighted by Crippen LogP contribution is -2.52. The summed E-state index contributed by atoms with van der Waals surface area (Å²) in [4.78, 5) is 29.4. The van der Waals surface area contributed by atoms with Gasteiger partial charge in [0, 0.05) is 17.5 Å². The van der Waals surface area contributed by atoms with Crippen molar-refractivity contribution in [3.63, 3.8) is 0 Å². The average molecular weight is 584 g/mol. The first-order valence-electron chi connectivity index (χ1n) is 12.9. The third-order valence-corrected chi connectivity index (χ3v) is 8.87. The molecule has 1 N–H and O–H groups in total. The van der Waals surface area contributed by atoms with Gasteiger partial charge in [0.1, 0.15) is 18.3 Å². The van der Waals surface area contributed by atoms with E-state index in [2.05, 4.69) is 5.32 Å². The summed E-state index contributed by atoms with van der Waals surface area (Å²) in [6.07, 6.45) is 1.91. The van der Waals surface area contributed by atoms with Gasteiger partial charge >= 0.3 is 0 Å². The summed E-state index contributed by atoms with van der Waals surface area (Å²) in [5.41, 5.74) is 2.05. The number of ether oxygens (including phenoxy) is 1. The van der Waals surface area contributed by atoms with Gasteiger partial charge in [0.15, 0.2) is 0 Å². The zero-order chi connectivity index (χ0) is 29.4. The van der Waals surface area contributed by atoms with Crippen LogP contribution in [-0.2, 0) is 26.2 Å². The molecule has 0 bridgehead atoms. The van der Waals surface area contributed by atoms with Crippen molar-refractivity contribution in [1.29, 1.82) is 0 Å². The van der Waals surface area contributed by atoms with E-state index in [1.807, 2.05) is 33.1 Å². The van der Waals surface area contributed by atoms with Gasteiger partial charge < -0.3 is 15.0 Å². The van der Waals surface area contributed by atoms with Gasteiger partial charge in [0.05, 0.1) is 17.7 Å². The van der Waals surface area contributed by atoms with Crippen molar-refractivity contribution in [3.05, 3.63) is 83.9 Å². The lowest BCUT2D eigenvalue weighted by Gasteiger charge is -2.32. The zero-order valence-corrected chi connectivity index (χ0v) is 25.4. The molecule has 0 aliphatic heterocycles. The predicted octanol–water partition coefficient (Wildman–Crippen LogP) is 4.86. The van der Waals surface area contributed by atoms with Gasteiger partial charge in [-0.3, -0.25) is 13.9 Å². The molecule has 0 unspecified atom stereocenters. The fourth-order valence-corrected chi connectivity index (χ4v) is 5.89. The van der Waals surface area contributed by atoms with Crippen molar-refractivity contribution in [3.8, 4) is 5.75 Å². The summed E-state index contributed by atoms with van der Waals surface area (Å²) in [5.74, 6) is -0.232. The largest absolute Gasteiger partial charge is 0.497 e. The maximum absolute atomic E-state index is 14.0. The summed E-state index contributed by atoms with van der Waals surface area (Å²) in [6.45, 7) is 6.83. The van der Waals surface area contributed by atoms with Gasteiger partial charge in [0.25, 0.3) is 10.0 Å². The Balaban J connectivity index is 2.03. The molecule has 1 atom stereocenters. The highest BCUT2D eigenvalue weighted by Crippen LogP contribution is 2.27. The predicted molar refractivity (Wildman–Crippen MR) is 160 cm³/mol. The van der Waals surface area contributed by atoms with Gasteiger partial charge in [-0.15, -0.1) is 11.8 Å². The van der Waals surface area contributed by atoms with Crippen LogP contribution < -0.4 is 14.4 Å². The molecule has 0 aliphatic rings. The van der Waals surface area contributed by atoms with Crippen LogP contribution >= 0.6 is 11.8 Å².